The lowest BCUT2D eigenvalue weighted by molar-refractivity contribution is -0.163. The first-order chi connectivity index (χ1) is 11.4. The Balaban J connectivity index is 1.68. The Hall–Kier alpha value is -0.0900. The first-order valence-corrected chi connectivity index (χ1v) is 11.5. The maximum atomic E-state index is 12.6. The van der Waals surface area contributed by atoms with Gasteiger partial charge in [-0.25, -0.2) is 0 Å². The van der Waals surface area contributed by atoms with Crippen LogP contribution in [0.2, 0.25) is 0 Å². The van der Waals surface area contributed by atoms with Crippen molar-refractivity contribution in [2.24, 2.45) is 16.7 Å². The van der Waals surface area contributed by atoms with Gasteiger partial charge in [-0.15, -0.1) is 23.5 Å². The van der Waals surface area contributed by atoms with Gasteiger partial charge < -0.3 is 4.74 Å². The fourth-order valence-electron chi connectivity index (χ4n) is 6.35. The number of esters is 1. The molecule has 0 N–H and O–H groups in total. The molecule has 1 heterocycles. The Bertz CT molecular complexity index is 578. The lowest BCUT2D eigenvalue weighted by atomic mass is 9.48. The highest BCUT2D eigenvalue weighted by molar-refractivity contribution is 8.21. The van der Waals surface area contributed by atoms with E-state index >= 15 is 0 Å². The zero-order valence-corrected chi connectivity index (χ0v) is 16.9. The number of allylic oxidation sites excluding steroid dienone is 2. The Morgan fingerprint density at radius 3 is 2.58 bits per heavy atom. The summed E-state index contributed by atoms with van der Waals surface area (Å²) in [6.07, 6.45) is 9.70. The summed E-state index contributed by atoms with van der Waals surface area (Å²) in [4.78, 5) is 12.6. The molecule has 0 radical (unpaired) electrons. The van der Waals surface area contributed by atoms with Crippen molar-refractivity contribution in [1.82, 2.24) is 0 Å². The fraction of sp³-hybridized carbons (Fsp3) is 0.850. The van der Waals surface area contributed by atoms with E-state index in [4.69, 9.17) is 4.74 Å². The molecular weight excluding hydrogens is 336 g/mol. The Kier molecular flexibility index (Phi) is 4.31. The van der Waals surface area contributed by atoms with Crippen LogP contribution in [-0.4, -0.2) is 28.7 Å². The third kappa shape index (κ3) is 2.42. The Morgan fingerprint density at radius 2 is 1.88 bits per heavy atom. The highest BCUT2D eigenvalue weighted by Gasteiger charge is 2.57. The van der Waals surface area contributed by atoms with Gasteiger partial charge in [-0.3, -0.25) is 4.79 Å². The highest BCUT2D eigenvalue weighted by Crippen LogP contribution is 2.65. The van der Waals surface area contributed by atoms with Crippen LogP contribution in [0, 0.1) is 16.7 Å². The molecule has 0 aromatic carbocycles. The van der Waals surface area contributed by atoms with Gasteiger partial charge in [0.05, 0.1) is 16.6 Å². The number of ether oxygens (including phenoxy) is 1. The number of hydrogen-bond donors (Lipinski definition) is 0. The predicted molar refractivity (Wildman–Crippen MR) is 103 cm³/mol. The molecule has 1 saturated carbocycles. The zero-order valence-electron chi connectivity index (χ0n) is 15.3. The van der Waals surface area contributed by atoms with E-state index in [0.29, 0.717) is 10.00 Å². The minimum Gasteiger partial charge on any atom is -0.469 e. The second kappa shape index (κ2) is 5.97. The van der Waals surface area contributed by atoms with Crippen LogP contribution >= 0.6 is 23.5 Å². The summed E-state index contributed by atoms with van der Waals surface area (Å²) >= 11 is 4.43. The number of hydrogen-bond acceptors (Lipinski definition) is 4. The van der Waals surface area contributed by atoms with Crippen molar-refractivity contribution >= 4 is 29.5 Å². The molecule has 3 aliphatic carbocycles. The number of carbonyl (C=O) groups is 1. The first kappa shape index (κ1) is 17.3. The van der Waals surface area contributed by atoms with Crippen LogP contribution in [0.4, 0.5) is 0 Å². The molecule has 3 atom stereocenters. The average molecular weight is 367 g/mol. The molecule has 4 heteroatoms. The Morgan fingerprint density at radius 1 is 1.12 bits per heavy atom. The largest absolute Gasteiger partial charge is 0.469 e. The van der Waals surface area contributed by atoms with E-state index in [0.717, 1.165) is 12.8 Å². The summed E-state index contributed by atoms with van der Waals surface area (Å²) in [5.74, 6) is 3.14. The van der Waals surface area contributed by atoms with Crippen molar-refractivity contribution in [1.29, 1.82) is 0 Å². The van der Waals surface area contributed by atoms with Gasteiger partial charge in [0, 0.05) is 11.5 Å². The number of rotatable bonds is 1. The average Bonchev–Trinajstić information content (AvgIpc) is 3.01. The molecule has 1 spiro atoms. The molecule has 1 aliphatic heterocycles. The van der Waals surface area contributed by atoms with Gasteiger partial charge in [0.2, 0.25) is 0 Å². The van der Waals surface area contributed by atoms with E-state index in [1.807, 2.05) is 0 Å². The third-order valence-electron chi connectivity index (χ3n) is 7.49. The van der Waals surface area contributed by atoms with Gasteiger partial charge >= 0.3 is 5.97 Å². The second-order valence-corrected chi connectivity index (χ2v) is 11.9. The molecule has 0 amide bonds. The minimum atomic E-state index is -0.285. The molecule has 0 aromatic heterocycles. The van der Waals surface area contributed by atoms with Crippen molar-refractivity contribution in [2.45, 2.75) is 69.3 Å². The minimum absolute atomic E-state index is 0.0247. The normalized spacial score (nSPS) is 41.0. The lowest BCUT2D eigenvalue weighted by Gasteiger charge is -2.56. The van der Waals surface area contributed by atoms with E-state index in [9.17, 15) is 4.79 Å². The third-order valence-corrected chi connectivity index (χ3v) is 11.0. The zero-order chi connectivity index (χ0) is 17.0. The van der Waals surface area contributed by atoms with Crippen LogP contribution in [0.3, 0.4) is 0 Å². The molecule has 0 bridgehead atoms. The summed E-state index contributed by atoms with van der Waals surface area (Å²) in [7, 11) is 1.56. The van der Waals surface area contributed by atoms with Crippen molar-refractivity contribution in [3.8, 4) is 0 Å². The van der Waals surface area contributed by atoms with E-state index in [2.05, 4.69) is 37.4 Å². The second-order valence-electron chi connectivity index (χ2n) is 8.64. The number of thioether (sulfide) groups is 2. The molecule has 1 saturated heterocycles. The molecule has 134 valence electrons. The molecule has 4 aliphatic rings. The van der Waals surface area contributed by atoms with Gasteiger partial charge in [-0.2, -0.15) is 0 Å². The van der Waals surface area contributed by atoms with Crippen LogP contribution in [0.25, 0.3) is 0 Å². The molecule has 2 nitrogen and oxygen atoms in total. The fourth-order valence-corrected chi connectivity index (χ4v) is 9.64. The van der Waals surface area contributed by atoms with Crippen molar-refractivity contribution < 1.29 is 9.53 Å². The smallest absolute Gasteiger partial charge is 0.311 e. The highest BCUT2D eigenvalue weighted by atomic mass is 32.2. The van der Waals surface area contributed by atoms with Crippen molar-refractivity contribution in [2.75, 3.05) is 18.6 Å². The van der Waals surface area contributed by atoms with Crippen LogP contribution < -0.4 is 0 Å². The molecule has 0 aromatic rings. The quantitative estimate of drug-likeness (QED) is 0.457. The van der Waals surface area contributed by atoms with E-state index in [1.54, 1.807) is 18.3 Å². The van der Waals surface area contributed by atoms with Gasteiger partial charge in [-0.1, -0.05) is 24.5 Å². The van der Waals surface area contributed by atoms with E-state index in [-0.39, 0.29) is 16.8 Å². The topological polar surface area (TPSA) is 26.3 Å². The SMILES string of the molecule is COC(=O)[C@]1(C)CCCC2(C)C3=C(CCC21)CC1(CC3)SCCS1. The molecular formula is C20H30O2S2. The van der Waals surface area contributed by atoms with Crippen LogP contribution in [-0.2, 0) is 9.53 Å². The maximum absolute atomic E-state index is 12.6. The summed E-state index contributed by atoms with van der Waals surface area (Å²) in [5, 5.41) is 0. The van der Waals surface area contributed by atoms with Gasteiger partial charge in [0.1, 0.15) is 0 Å². The van der Waals surface area contributed by atoms with Crippen LogP contribution in [0.5, 0.6) is 0 Å². The summed E-state index contributed by atoms with van der Waals surface area (Å²) < 4.78 is 5.73. The molecule has 4 rings (SSSR count). The standard InChI is InChI=1S/C20H30O2S2/c1-18-8-4-9-19(2,17(21)22-3)16(18)6-5-14-13-20(10-7-15(14)18)23-11-12-24-20/h16H,4-13H2,1-3H3/t16?,18?,19-/m1/s1. The van der Waals surface area contributed by atoms with Crippen LogP contribution in [0.1, 0.15) is 65.2 Å². The number of fused-ring (bicyclic) bond motifs is 2. The monoisotopic (exact) mass is 366 g/mol. The first-order valence-electron chi connectivity index (χ1n) is 9.51. The summed E-state index contributed by atoms with van der Waals surface area (Å²) in [6.45, 7) is 4.65. The Labute approximate surface area is 154 Å². The maximum Gasteiger partial charge on any atom is 0.311 e. The van der Waals surface area contributed by atoms with Crippen LogP contribution in [0.15, 0.2) is 11.1 Å². The number of carbonyl (C=O) groups excluding carboxylic acids is 1. The lowest BCUT2D eigenvalue weighted by Crippen LogP contribution is -2.51. The van der Waals surface area contributed by atoms with Crippen molar-refractivity contribution in [3.05, 3.63) is 11.1 Å². The van der Waals surface area contributed by atoms with Crippen molar-refractivity contribution in [3.63, 3.8) is 0 Å². The molecule has 2 fully saturated rings. The van der Waals surface area contributed by atoms with Gasteiger partial charge in [-0.05, 0) is 63.2 Å². The summed E-state index contributed by atoms with van der Waals surface area (Å²) in [6, 6.07) is 0. The van der Waals surface area contributed by atoms with E-state index in [1.165, 1.54) is 50.0 Å². The molecule has 24 heavy (non-hydrogen) atoms. The van der Waals surface area contributed by atoms with Gasteiger partial charge in [0.25, 0.3) is 0 Å². The summed E-state index contributed by atoms with van der Waals surface area (Å²) in [5.41, 5.74) is 3.44. The van der Waals surface area contributed by atoms with Gasteiger partial charge in [0.15, 0.2) is 0 Å². The predicted octanol–water partition coefficient (Wildman–Crippen LogP) is 5.42. The number of methoxy groups -OCH3 is 1. The van der Waals surface area contributed by atoms with E-state index < -0.39 is 0 Å². The molecule has 2 unspecified atom stereocenters.